The molecule has 0 saturated carbocycles. The molecule has 0 aliphatic carbocycles. The molecular formula is C15H15ClF3N3O3S. The zero-order valence-corrected chi connectivity index (χ0v) is 15.5. The van der Waals surface area contributed by atoms with Crippen molar-refractivity contribution >= 4 is 21.6 Å². The van der Waals surface area contributed by atoms with E-state index in [0.717, 1.165) is 29.9 Å². The predicted octanol–water partition coefficient (Wildman–Crippen LogP) is 2.67. The van der Waals surface area contributed by atoms with Crippen molar-refractivity contribution in [2.45, 2.75) is 24.0 Å². The molecule has 26 heavy (non-hydrogen) atoms. The fraction of sp³-hybridized carbons (Fsp3) is 0.333. The summed E-state index contributed by atoms with van der Waals surface area (Å²) in [6.45, 7) is 1.30. The maximum atomic E-state index is 13.6. The summed E-state index contributed by atoms with van der Waals surface area (Å²) in [5.74, 6) is 0. The minimum Gasteiger partial charge on any atom is -0.268 e. The van der Waals surface area contributed by atoms with Crippen LogP contribution in [0.25, 0.3) is 0 Å². The highest BCUT2D eigenvalue weighted by Crippen LogP contribution is 2.40. The molecule has 0 aliphatic heterocycles. The van der Waals surface area contributed by atoms with Gasteiger partial charge in [0.05, 0.1) is 5.69 Å². The van der Waals surface area contributed by atoms with Gasteiger partial charge in [-0.05, 0) is 24.6 Å². The van der Waals surface area contributed by atoms with Gasteiger partial charge in [0.1, 0.15) is 10.9 Å². The number of rotatable bonds is 4. The van der Waals surface area contributed by atoms with Crippen LogP contribution in [-0.4, -0.2) is 35.7 Å². The molecule has 2 aromatic rings. The van der Waals surface area contributed by atoms with Gasteiger partial charge in [0, 0.05) is 25.2 Å². The molecule has 1 aromatic heterocycles. The number of aryl methyl sites for hydroxylation is 2. The van der Waals surface area contributed by atoms with Crippen LogP contribution >= 0.6 is 11.6 Å². The van der Waals surface area contributed by atoms with Gasteiger partial charge in [0.15, 0.2) is 0 Å². The van der Waals surface area contributed by atoms with Gasteiger partial charge >= 0.3 is 6.18 Å². The minimum atomic E-state index is -4.89. The van der Waals surface area contributed by atoms with Gasteiger partial charge < -0.3 is 0 Å². The van der Waals surface area contributed by atoms with Crippen molar-refractivity contribution in [3.63, 3.8) is 0 Å². The van der Waals surface area contributed by atoms with Crippen molar-refractivity contribution in [2.75, 3.05) is 7.05 Å². The topological polar surface area (TPSA) is 72.3 Å². The molecule has 0 fully saturated rings. The third-order valence-electron chi connectivity index (χ3n) is 3.75. The lowest BCUT2D eigenvalue weighted by Crippen LogP contribution is -2.40. The Labute approximate surface area is 152 Å². The average Bonchev–Trinajstić information content (AvgIpc) is 2.51. The third kappa shape index (κ3) is 3.92. The van der Waals surface area contributed by atoms with Crippen LogP contribution in [0.15, 0.2) is 40.0 Å². The van der Waals surface area contributed by atoms with Crippen LogP contribution in [0.1, 0.15) is 17.3 Å². The van der Waals surface area contributed by atoms with Crippen LogP contribution < -0.4 is 5.56 Å². The standard InChI is InChI=1S/C15H15ClF3N3O3S/c1-9-12(8-13(23)21(2)20-9)26(24,25)22(3)14(15(17,18)19)10-4-6-11(16)7-5-10/h4-8,14H,1-3H3. The second kappa shape index (κ2) is 7.01. The summed E-state index contributed by atoms with van der Waals surface area (Å²) in [7, 11) is -2.53. The van der Waals surface area contributed by atoms with Crippen LogP contribution in [0.2, 0.25) is 5.02 Å². The van der Waals surface area contributed by atoms with Crippen LogP contribution in [-0.2, 0) is 17.1 Å². The Bertz CT molecular complexity index is 972. The first-order valence-electron chi connectivity index (χ1n) is 7.21. The first-order chi connectivity index (χ1) is 11.9. The normalized spacial score (nSPS) is 13.8. The summed E-state index contributed by atoms with van der Waals surface area (Å²) in [6, 6.07) is 2.97. The molecule has 0 N–H and O–H groups in total. The molecule has 1 unspecified atom stereocenters. The molecule has 1 aromatic carbocycles. The Morgan fingerprint density at radius 1 is 1.23 bits per heavy atom. The van der Waals surface area contributed by atoms with E-state index in [0.29, 0.717) is 0 Å². The fourth-order valence-electron chi connectivity index (χ4n) is 2.44. The van der Waals surface area contributed by atoms with Crippen molar-refractivity contribution in [1.82, 2.24) is 14.1 Å². The van der Waals surface area contributed by atoms with Gasteiger partial charge in [-0.1, -0.05) is 23.7 Å². The smallest absolute Gasteiger partial charge is 0.268 e. The second-order valence-corrected chi connectivity index (χ2v) is 7.98. The molecular weight excluding hydrogens is 395 g/mol. The maximum Gasteiger partial charge on any atom is 0.409 e. The first-order valence-corrected chi connectivity index (χ1v) is 9.02. The summed E-state index contributed by atoms with van der Waals surface area (Å²) in [6.07, 6.45) is -4.89. The summed E-state index contributed by atoms with van der Waals surface area (Å²) in [5.41, 5.74) is -1.14. The van der Waals surface area contributed by atoms with E-state index in [4.69, 9.17) is 11.6 Å². The van der Waals surface area contributed by atoms with Crippen LogP contribution in [0.4, 0.5) is 13.2 Å². The SMILES string of the molecule is Cc1nn(C)c(=O)cc1S(=O)(=O)N(C)C(c1ccc(Cl)cc1)C(F)(F)F. The van der Waals surface area contributed by atoms with Gasteiger partial charge in [0.25, 0.3) is 5.56 Å². The molecule has 0 aliphatic rings. The van der Waals surface area contributed by atoms with Gasteiger partial charge in [-0.25, -0.2) is 13.1 Å². The highest BCUT2D eigenvalue weighted by Gasteiger charge is 2.48. The lowest BCUT2D eigenvalue weighted by Gasteiger charge is -2.30. The van der Waals surface area contributed by atoms with E-state index in [9.17, 15) is 26.4 Å². The molecule has 2 rings (SSSR count). The maximum absolute atomic E-state index is 13.6. The Balaban J connectivity index is 2.61. The Morgan fingerprint density at radius 2 is 1.77 bits per heavy atom. The van der Waals surface area contributed by atoms with E-state index in [1.54, 1.807) is 0 Å². The van der Waals surface area contributed by atoms with Crippen LogP contribution in [0.3, 0.4) is 0 Å². The molecule has 0 bridgehead atoms. The average molecular weight is 410 g/mol. The van der Waals surface area contributed by atoms with Gasteiger partial charge in [-0.2, -0.15) is 22.6 Å². The zero-order valence-electron chi connectivity index (χ0n) is 14.0. The van der Waals surface area contributed by atoms with E-state index in [-0.39, 0.29) is 20.6 Å². The van der Waals surface area contributed by atoms with Crippen molar-refractivity contribution in [3.05, 3.63) is 57.0 Å². The molecule has 1 atom stereocenters. The minimum absolute atomic E-state index is 0.0871. The summed E-state index contributed by atoms with van der Waals surface area (Å²) >= 11 is 5.69. The monoisotopic (exact) mass is 409 g/mol. The van der Waals surface area contributed by atoms with Crippen LogP contribution in [0.5, 0.6) is 0 Å². The van der Waals surface area contributed by atoms with Gasteiger partial charge in [-0.3, -0.25) is 4.79 Å². The van der Waals surface area contributed by atoms with Crippen molar-refractivity contribution in [2.24, 2.45) is 7.05 Å². The molecule has 11 heteroatoms. The number of nitrogens with zero attached hydrogens (tertiary/aromatic N) is 3. The zero-order chi connectivity index (χ0) is 19.9. The quantitative estimate of drug-likeness (QED) is 0.778. The summed E-state index contributed by atoms with van der Waals surface area (Å²) in [5, 5.41) is 3.94. The Morgan fingerprint density at radius 3 is 2.27 bits per heavy atom. The number of alkyl halides is 3. The van der Waals surface area contributed by atoms with Crippen molar-refractivity contribution in [1.29, 1.82) is 0 Å². The predicted molar refractivity (Wildman–Crippen MR) is 89.4 cm³/mol. The van der Waals surface area contributed by atoms with E-state index in [2.05, 4.69) is 5.10 Å². The lowest BCUT2D eigenvalue weighted by atomic mass is 10.1. The van der Waals surface area contributed by atoms with Gasteiger partial charge in [-0.15, -0.1) is 0 Å². The second-order valence-electron chi connectivity index (χ2n) is 5.57. The highest BCUT2D eigenvalue weighted by molar-refractivity contribution is 7.89. The number of sulfonamides is 1. The van der Waals surface area contributed by atoms with E-state index < -0.39 is 32.7 Å². The Kier molecular flexibility index (Phi) is 5.50. The molecule has 0 radical (unpaired) electrons. The lowest BCUT2D eigenvalue weighted by molar-refractivity contribution is -0.171. The molecule has 6 nitrogen and oxygen atoms in total. The Hall–Kier alpha value is -1.91. The molecule has 0 spiro atoms. The van der Waals surface area contributed by atoms with E-state index in [1.165, 1.54) is 26.1 Å². The van der Waals surface area contributed by atoms with Crippen molar-refractivity contribution < 1.29 is 21.6 Å². The number of benzene rings is 1. The summed E-state index contributed by atoms with van der Waals surface area (Å²) < 4.78 is 67.5. The fourth-order valence-corrected chi connectivity index (χ4v) is 4.06. The molecule has 0 saturated heterocycles. The van der Waals surface area contributed by atoms with Crippen molar-refractivity contribution in [3.8, 4) is 0 Å². The summed E-state index contributed by atoms with van der Waals surface area (Å²) in [4.78, 5) is 11.1. The van der Waals surface area contributed by atoms with Crippen LogP contribution in [0, 0.1) is 6.92 Å². The highest BCUT2D eigenvalue weighted by atomic mass is 35.5. The molecule has 142 valence electrons. The number of hydrogen-bond acceptors (Lipinski definition) is 4. The first kappa shape index (κ1) is 20.4. The van der Waals surface area contributed by atoms with E-state index in [1.807, 2.05) is 0 Å². The molecule has 1 heterocycles. The van der Waals surface area contributed by atoms with E-state index >= 15 is 0 Å². The molecule has 0 amide bonds. The van der Waals surface area contributed by atoms with Gasteiger partial charge in [0.2, 0.25) is 10.0 Å². The number of hydrogen-bond donors (Lipinski definition) is 0. The third-order valence-corrected chi connectivity index (χ3v) is 5.94. The number of aromatic nitrogens is 2. The largest absolute Gasteiger partial charge is 0.409 e. The number of halogens is 4.